The number of nitrogens with zero attached hydrogens (tertiary/aromatic N) is 4. The largest absolute Gasteiger partial charge is 0.376 e. The molecule has 6 heteroatoms. The molecule has 1 fully saturated rings. The van der Waals surface area contributed by atoms with Gasteiger partial charge in [-0.2, -0.15) is 5.10 Å². The first kappa shape index (κ1) is 18.9. The van der Waals surface area contributed by atoms with E-state index >= 15 is 0 Å². The summed E-state index contributed by atoms with van der Waals surface area (Å²) in [5.41, 5.74) is 6.51. The maximum absolute atomic E-state index is 5.97. The fourth-order valence-corrected chi connectivity index (χ4v) is 4.17. The molecule has 1 saturated heterocycles. The number of hydrogen-bond acceptors (Lipinski definition) is 4. The zero-order valence-corrected chi connectivity index (χ0v) is 17.1. The van der Waals surface area contributed by atoms with E-state index in [9.17, 15) is 0 Å². The Hall–Kier alpha value is -2.44. The van der Waals surface area contributed by atoms with E-state index < -0.39 is 0 Å². The normalized spacial score (nSPS) is 19.4. The molecule has 4 rings (SSSR count). The van der Waals surface area contributed by atoms with Gasteiger partial charge in [0, 0.05) is 30.0 Å². The molecule has 1 aromatic carbocycles. The summed E-state index contributed by atoms with van der Waals surface area (Å²) in [6, 6.07) is 10.4. The molecule has 0 spiro atoms. The van der Waals surface area contributed by atoms with E-state index in [1.807, 2.05) is 19.3 Å². The summed E-state index contributed by atoms with van der Waals surface area (Å²) in [4.78, 5) is 4.83. The fourth-order valence-electron chi connectivity index (χ4n) is 4.17. The minimum absolute atomic E-state index is 0.0309. The van der Waals surface area contributed by atoms with Crippen LogP contribution in [-0.4, -0.2) is 45.3 Å². The van der Waals surface area contributed by atoms with Crippen molar-refractivity contribution in [1.29, 1.82) is 0 Å². The van der Waals surface area contributed by atoms with Gasteiger partial charge in [0.15, 0.2) is 0 Å². The monoisotopic (exact) mass is 380 g/mol. The number of hydrogen-bond donors (Lipinski definition) is 0. The molecular formula is C22H28N4O2. The minimum atomic E-state index is 0.0309. The number of ether oxygens (including phenoxy) is 2. The van der Waals surface area contributed by atoms with Crippen LogP contribution in [-0.2, 0) is 16.0 Å². The van der Waals surface area contributed by atoms with Crippen molar-refractivity contribution in [3.63, 3.8) is 0 Å². The van der Waals surface area contributed by atoms with Crippen LogP contribution in [0, 0.1) is 13.8 Å². The third-order valence-corrected chi connectivity index (χ3v) is 5.50. The molecule has 148 valence electrons. The van der Waals surface area contributed by atoms with Crippen molar-refractivity contribution in [2.24, 2.45) is 0 Å². The summed E-state index contributed by atoms with van der Waals surface area (Å²) < 4.78 is 16.0. The van der Waals surface area contributed by atoms with Gasteiger partial charge in [0.05, 0.1) is 42.7 Å². The summed E-state index contributed by atoms with van der Waals surface area (Å²) in [7, 11) is 0. The third kappa shape index (κ3) is 3.16. The summed E-state index contributed by atoms with van der Waals surface area (Å²) in [6.07, 6.45) is 1.97. The van der Waals surface area contributed by atoms with E-state index in [0.29, 0.717) is 19.8 Å². The maximum Gasteiger partial charge on any atom is 0.104 e. The van der Waals surface area contributed by atoms with Crippen LogP contribution in [0.4, 0.5) is 0 Å². The first-order valence-electron chi connectivity index (χ1n) is 10.0. The minimum Gasteiger partial charge on any atom is -0.376 e. The van der Waals surface area contributed by atoms with Crippen molar-refractivity contribution < 1.29 is 9.47 Å². The number of rotatable bonds is 6. The second-order valence-corrected chi connectivity index (χ2v) is 7.18. The van der Waals surface area contributed by atoms with Crippen LogP contribution < -0.4 is 0 Å². The number of aryl methyl sites for hydroxylation is 2. The lowest BCUT2D eigenvalue weighted by atomic mass is 10.0. The summed E-state index contributed by atoms with van der Waals surface area (Å²) in [5, 5.41) is 4.76. The molecule has 1 aliphatic rings. The fraction of sp³-hybridized carbons (Fsp3) is 0.455. The van der Waals surface area contributed by atoms with Gasteiger partial charge in [-0.3, -0.25) is 4.68 Å². The zero-order valence-electron chi connectivity index (χ0n) is 17.1. The van der Waals surface area contributed by atoms with E-state index in [2.05, 4.69) is 54.3 Å². The highest BCUT2D eigenvalue weighted by atomic mass is 16.5. The van der Waals surface area contributed by atoms with E-state index in [4.69, 9.17) is 19.6 Å². The highest BCUT2D eigenvalue weighted by Crippen LogP contribution is 2.38. The average molecular weight is 380 g/mol. The van der Waals surface area contributed by atoms with Crippen molar-refractivity contribution in [3.05, 3.63) is 48.0 Å². The van der Waals surface area contributed by atoms with Gasteiger partial charge in [-0.25, -0.2) is 4.98 Å². The molecule has 0 saturated carbocycles. The second kappa shape index (κ2) is 7.89. The third-order valence-electron chi connectivity index (χ3n) is 5.50. The smallest absolute Gasteiger partial charge is 0.104 e. The lowest BCUT2D eigenvalue weighted by molar-refractivity contribution is 0.0364. The molecule has 6 nitrogen and oxygen atoms in total. The van der Waals surface area contributed by atoms with Crippen LogP contribution in [0.2, 0.25) is 0 Å². The van der Waals surface area contributed by atoms with Crippen LogP contribution in [0.25, 0.3) is 22.5 Å². The van der Waals surface area contributed by atoms with E-state index in [1.165, 1.54) is 0 Å². The predicted octanol–water partition coefficient (Wildman–Crippen LogP) is 4.03. The predicted molar refractivity (Wildman–Crippen MR) is 109 cm³/mol. The Kier molecular flexibility index (Phi) is 5.33. The van der Waals surface area contributed by atoms with Crippen LogP contribution in [0.3, 0.4) is 0 Å². The Morgan fingerprint density at radius 1 is 1.14 bits per heavy atom. The van der Waals surface area contributed by atoms with Gasteiger partial charge in [0.2, 0.25) is 0 Å². The van der Waals surface area contributed by atoms with Crippen molar-refractivity contribution in [1.82, 2.24) is 19.3 Å². The van der Waals surface area contributed by atoms with Gasteiger partial charge in [0.1, 0.15) is 6.10 Å². The van der Waals surface area contributed by atoms with Crippen molar-refractivity contribution in [3.8, 4) is 22.5 Å². The average Bonchev–Trinajstić information content (AvgIpc) is 3.40. The van der Waals surface area contributed by atoms with Gasteiger partial charge in [-0.1, -0.05) is 30.3 Å². The van der Waals surface area contributed by atoms with Crippen LogP contribution in [0.1, 0.15) is 31.3 Å². The van der Waals surface area contributed by atoms with Gasteiger partial charge in [-0.15, -0.1) is 0 Å². The van der Waals surface area contributed by atoms with Crippen LogP contribution in [0.15, 0.2) is 36.7 Å². The van der Waals surface area contributed by atoms with E-state index in [1.54, 1.807) is 0 Å². The number of imidazole rings is 1. The Bertz CT molecular complexity index is 945. The van der Waals surface area contributed by atoms with Crippen molar-refractivity contribution in [2.45, 2.75) is 46.4 Å². The molecule has 2 atom stereocenters. The lowest BCUT2D eigenvalue weighted by Gasteiger charge is -2.22. The lowest BCUT2D eigenvalue weighted by Crippen LogP contribution is -2.25. The van der Waals surface area contributed by atoms with Gasteiger partial charge in [-0.05, 0) is 27.7 Å². The zero-order chi connectivity index (χ0) is 19.7. The maximum atomic E-state index is 5.97. The highest BCUT2D eigenvalue weighted by molar-refractivity contribution is 5.81. The first-order chi connectivity index (χ1) is 13.7. The van der Waals surface area contributed by atoms with Crippen LogP contribution in [0.5, 0.6) is 0 Å². The second-order valence-electron chi connectivity index (χ2n) is 7.18. The molecule has 28 heavy (non-hydrogen) atoms. The molecule has 0 bridgehead atoms. The van der Waals surface area contributed by atoms with Crippen molar-refractivity contribution in [2.75, 3.05) is 19.8 Å². The number of benzene rings is 1. The Balaban J connectivity index is 1.92. The molecule has 2 aromatic heterocycles. The Morgan fingerprint density at radius 2 is 1.93 bits per heavy atom. The topological polar surface area (TPSA) is 54.1 Å². The Labute approximate surface area is 166 Å². The summed E-state index contributed by atoms with van der Waals surface area (Å²) >= 11 is 0. The van der Waals surface area contributed by atoms with Gasteiger partial charge in [0.25, 0.3) is 0 Å². The highest BCUT2D eigenvalue weighted by Gasteiger charge is 2.34. The van der Waals surface area contributed by atoms with Crippen LogP contribution >= 0.6 is 0 Å². The standard InChI is InChI=1S/C22H28N4O2/c1-5-26-16(4)20(15(3)24-26)22-21(17-10-8-7-9-11-17)23-14-25(22)18-12-27-13-19(18)28-6-2/h7-11,14,18-19H,5-6,12-13H2,1-4H3/t18-,19-/m1/s1. The molecule has 0 radical (unpaired) electrons. The van der Waals surface area contributed by atoms with Gasteiger partial charge >= 0.3 is 0 Å². The molecule has 1 aliphatic heterocycles. The SMILES string of the molecule is CCO[C@@H]1COC[C@H]1n1cnc(-c2ccccc2)c1-c1c(C)nn(CC)c1C. The molecule has 3 heterocycles. The summed E-state index contributed by atoms with van der Waals surface area (Å²) in [5.74, 6) is 0. The Morgan fingerprint density at radius 3 is 2.61 bits per heavy atom. The first-order valence-corrected chi connectivity index (χ1v) is 10.0. The van der Waals surface area contributed by atoms with E-state index in [-0.39, 0.29) is 12.1 Å². The van der Waals surface area contributed by atoms with Crippen molar-refractivity contribution >= 4 is 0 Å². The molecule has 0 N–H and O–H groups in total. The summed E-state index contributed by atoms with van der Waals surface area (Å²) in [6.45, 7) is 11.1. The molecular weight excluding hydrogens is 352 g/mol. The molecule has 0 amide bonds. The van der Waals surface area contributed by atoms with Gasteiger partial charge < -0.3 is 14.0 Å². The molecule has 0 unspecified atom stereocenters. The molecule has 0 aliphatic carbocycles. The van der Waals surface area contributed by atoms with E-state index in [0.717, 1.165) is 40.4 Å². The number of aromatic nitrogens is 4. The molecule has 3 aromatic rings. The quantitative estimate of drug-likeness (QED) is 0.648.